The Labute approximate surface area is 163 Å². The lowest BCUT2D eigenvalue weighted by Crippen LogP contribution is -2.22. The van der Waals surface area contributed by atoms with Crippen LogP contribution in [0.15, 0.2) is 18.3 Å². The second-order valence-corrected chi connectivity index (χ2v) is 7.11. The average molecular weight is 413 g/mol. The number of aromatic nitrogens is 2. The summed E-state index contributed by atoms with van der Waals surface area (Å²) in [7, 11) is 0. The maximum Gasteiger partial charge on any atom is 0.573 e. The number of nitrogens with zero attached hydrogens (tertiary/aromatic N) is 2. The van der Waals surface area contributed by atoms with Gasteiger partial charge in [-0.25, -0.2) is 4.98 Å². The van der Waals surface area contributed by atoms with Crippen LogP contribution in [0.1, 0.15) is 29.5 Å². The van der Waals surface area contributed by atoms with Gasteiger partial charge in [-0.15, -0.1) is 13.2 Å². The fraction of sp³-hybridized carbons (Fsp3) is 0.333. The highest BCUT2D eigenvalue weighted by atomic mass is 35.5. The van der Waals surface area contributed by atoms with Crippen LogP contribution in [0, 0.1) is 5.92 Å². The van der Waals surface area contributed by atoms with E-state index in [-0.39, 0.29) is 35.1 Å². The molecule has 0 saturated heterocycles. The van der Waals surface area contributed by atoms with E-state index < -0.39 is 12.1 Å². The Morgan fingerprint density at radius 2 is 2.00 bits per heavy atom. The fourth-order valence-corrected chi connectivity index (χ4v) is 3.38. The molecule has 2 heterocycles. The number of ether oxygens (including phenoxy) is 2. The minimum Gasteiger partial charge on any atom is -0.484 e. The molecule has 28 heavy (non-hydrogen) atoms. The molecule has 6 nitrogen and oxygen atoms in total. The lowest BCUT2D eigenvalue weighted by Gasteiger charge is -2.26. The first-order valence-corrected chi connectivity index (χ1v) is 8.92. The van der Waals surface area contributed by atoms with E-state index in [9.17, 15) is 13.2 Å². The highest BCUT2D eigenvalue weighted by Gasteiger charge is 2.37. The molecule has 2 aliphatic rings. The summed E-state index contributed by atoms with van der Waals surface area (Å²) >= 11 is 6.20. The average Bonchev–Trinajstić information content (AvgIpc) is 3.45. The molecule has 0 radical (unpaired) electrons. The molecule has 0 amide bonds. The summed E-state index contributed by atoms with van der Waals surface area (Å²) in [6.07, 6.45) is 2.20. The Hall–Kier alpha value is -2.68. The summed E-state index contributed by atoms with van der Waals surface area (Å²) in [5, 5.41) is -0.215. The third-order valence-electron chi connectivity index (χ3n) is 4.63. The SMILES string of the molecule is Nc1ncc(Cc2cc(OC(F)(F)F)c(Cl)c3c2C=CC(C2CC2)O3)c(N)n1. The van der Waals surface area contributed by atoms with E-state index in [1.807, 2.05) is 12.2 Å². The Morgan fingerprint density at radius 3 is 2.64 bits per heavy atom. The molecular formula is C18H16ClF3N4O2. The van der Waals surface area contributed by atoms with Gasteiger partial charge >= 0.3 is 6.36 Å². The first-order chi connectivity index (χ1) is 13.2. The second-order valence-electron chi connectivity index (χ2n) is 6.73. The van der Waals surface area contributed by atoms with Gasteiger partial charge in [0.05, 0.1) is 0 Å². The Bertz CT molecular complexity index is 961. The number of fused-ring (bicyclic) bond motifs is 1. The van der Waals surface area contributed by atoms with Crippen molar-refractivity contribution in [2.75, 3.05) is 11.5 Å². The molecule has 1 aromatic heterocycles. The lowest BCUT2D eigenvalue weighted by molar-refractivity contribution is -0.274. The highest BCUT2D eigenvalue weighted by molar-refractivity contribution is 6.34. The second kappa shape index (κ2) is 6.73. The number of anilines is 2. The van der Waals surface area contributed by atoms with E-state index >= 15 is 0 Å². The lowest BCUT2D eigenvalue weighted by atomic mass is 9.96. The van der Waals surface area contributed by atoms with Crippen molar-refractivity contribution in [1.82, 2.24) is 9.97 Å². The molecule has 1 saturated carbocycles. The first kappa shape index (κ1) is 18.7. The smallest absolute Gasteiger partial charge is 0.484 e. The van der Waals surface area contributed by atoms with Gasteiger partial charge in [0.25, 0.3) is 0 Å². The van der Waals surface area contributed by atoms with Gasteiger partial charge < -0.3 is 20.9 Å². The summed E-state index contributed by atoms with van der Waals surface area (Å²) in [6.45, 7) is 0. The maximum atomic E-state index is 12.8. The zero-order valence-corrected chi connectivity index (χ0v) is 15.2. The van der Waals surface area contributed by atoms with Crippen molar-refractivity contribution in [2.24, 2.45) is 5.92 Å². The standard InChI is InChI=1S/C18H16ClF3N4O2/c19-14-13(28-18(20,21)22)6-9(5-10-7-25-17(24)26-16(10)23)11-3-4-12(8-1-2-8)27-15(11)14/h3-4,6-8,12H,1-2,5H2,(H4,23,24,25,26). The summed E-state index contributed by atoms with van der Waals surface area (Å²) in [5.74, 6) is 0.148. The monoisotopic (exact) mass is 412 g/mol. The molecule has 1 aliphatic heterocycles. The van der Waals surface area contributed by atoms with Crippen molar-refractivity contribution in [3.05, 3.63) is 40.1 Å². The molecule has 1 aliphatic carbocycles. The van der Waals surface area contributed by atoms with Crippen LogP contribution in [0.25, 0.3) is 6.08 Å². The van der Waals surface area contributed by atoms with E-state index in [1.165, 1.54) is 12.3 Å². The molecule has 4 N–H and O–H groups in total. The number of rotatable bonds is 4. The number of halogens is 4. The van der Waals surface area contributed by atoms with E-state index in [0.717, 1.165) is 12.8 Å². The minimum atomic E-state index is -4.89. The number of hydrogen-bond donors (Lipinski definition) is 2. The van der Waals surface area contributed by atoms with Crippen molar-refractivity contribution < 1.29 is 22.6 Å². The van der Waals surface area contributed by atoms with Crippen LogP contribution in [0.2, 0.25) is 5.02 Å². The zero-order chi connectivity index (χ0) is 20.1. The highest BCUT2D eigenvalue weighted by Crippen LogP contribution is 2.47. The van der Waals surface area contributed by atoms with Gasteiger partial charge in [-0.2, -0.15) is 4.98 Å². The van der Waals surface area contributed by atoms with Crippen molar-refractivity contribution in [2.45, 2.75) is 31.7 Å². The molecule has 4 rings (SSSR count). The predicted molar refractivity (Wildman–Crippen MR) is 98.0 cm³/mol. The first-order valence-electron chi connectivity index (χ1n) is 8.54. The molecule has 1 unspecified atom stereocenters. The normalized spacial score (nSPS) is 18.5. The van der Waals surface area contributed by atoms with Crippen LogP contribution in [0.4, 0.5) is 24.9 Å². The topological polar surface area (TPSA) is 96.3 Å². The van der Waals surface area contributed by atoms with E-state index in [2.05, 4.69) is 14.7 Å². The van der Waals surface area contributed by atoms with Crippen LogP contribution in [-0.4, -0.2) is 22.4 Å². The number of benzene rings is 1. The molecule has 1 atom stereocenters. The summed E-state index contributed by atoms with van der Waals surface area (Å²) in [5.41, 5.74) is 12.9. The van der Waals surface area contributed by atoms with Crippen LogP contribution >= 0.6 is 11.6 Å². The summed E-state index contributed by atoms with van der Waals surface area (Å²) < 4.78 is 48.6. The van der Waals surface area contributed by atoms with Crippen molar-refractivity contribution >= 4 is 29.4 Å². The largest absolute Gasteiger partial charge is 0.573 e. The van der Waals surface area contributed by atoms with Crippen molar-refractivity contribution in [1.29, 1.82) is 0 Å². The Morgan fingerprint density at radius 1 is 1.25 bits per heavy atom. The van der Waals surface area contributed by atoms with Crippen molar-refractivity contribution in [3.8, 4) is 11.5 Å². The predicted octanol–water partition coefficient (Wildman–Crippen LogP) is 3.97. The third-order valence-corrected chi connectivity index (χ3v) is 4.99. The molecular weight excluding hydrogens is 397 g/mol. The van der Waals surface area contributed by atoms with Gasteiger partial charge in [0.1, 0.15) is 22.7 Å². The van der Waals surface area contributed by atoms with Gasteiger partial charge in [-0.1, -0.05) is 17.7 Å². The van der Waals surface area contributed by atoms with E-state index in [0.29, 0.717) is 22.6 Å². The number of alkyl halides is 3. The molecule has 0 bridgehead atoms. The quantitative estimate of drug-likeness (QED) is 0.788. The van der Waals surface area contributed by atoms with Crippen LogP contribution in [0.3, 0.4) is 0 Å². The summed E-state index contributed by atoms with van der Waals surface area (Å²) in [6, 6.07) is 1.23. The van der Waals surface area contributed by atoms with E-state index in [4.69, 9.17) is 27.8 Å². The molecule has 1 aromatic carbocycles. The maximum absolute atomic E-state index is 12.8. The molecule has 1 fully saturated rings. The van der Waals surface area contributed by atoms with Gasteiger partial charge in [0.15, 0.2) is 5.75 Å². The van der Waals surface area contributed by atoms with Gasteiger partial charge in [-0.3, -0.25) is 0 Å². The van der Waals surface area contributed by atoms with Gasteiger partial charge in [0.2, 0.25) is 5.95 Å². The molecule has 0 spiro atoms. The Balaban J connectivity index is 1.78. The Kier molecular flexibility index (Phi) is 4.49. The number of nitrogen functional groups attached to an aromatic ring is 2. The number of nitrogens with two attached hydrogens (primary N) is 2. The minimum absolute atomic E-state index is 0.0102. The van der Waals surface area contributed by atoms with Crippen LogP contribution < -0.4 is 20.9 Å². The van der Waals surface area contributed by atoms with Gasteiger partial charge in [-0.05, 0) is 36.5 Å². The number of hydrogen-bond acceptors (Lipinski definition) is 6. The zero-order valence-electron chi connectivity index (χ0n) is 14.5. The van der Waals surface area contributed by atoms with Gasteiger partial charge in [0, 0.05) is 23.7 Å². The molecule has 10 heteroatoms. The van der Waals surface area contributed by atoms with Crippen LogP contribution in [-0.2, 0) is 6.42 Å². The molecule has 148 valence electrons. The van der Waals surface area contributed by atoms with Crippen LogP contribution in [0.5, 0.6) is 11.5 Å². The van der Waals surface area contributed by atoms with Crippen molar-refractivity contribution in [3.63, 3.8) is 0 Å². The third kappa shape index (κ3) is 3.80. The molecule has 2 aromatic rings. The fourth-order valence-electron chi connectivity index (χ4n) is 3.14. The van der Waals surface area contributed by atoms with E-state index in [1.54, 1.807) is 0 Å². The summed E-state index contributed by atoms with van der Waals surface area (Å²) in [4.78, 5) is 7.77.